The minimum atomic E-state index is -0.650. The third kappa shape index (κ3) is 3.03. The summed E-state index contributed by atoms with van der Waals surface area (Å²) in [7, 11) is 0. The summed E-state index contributed by atoms with van der Waals surface area (Å²) in [6, 6.07) is 0. The van der Waals surface area contributed by atoms with Crippen molar-refractivity contribution in [3.8, 4) is 0 Å². The molecule has 0 amide bonds. The van der Waals surface area contributed by atoms with Crippen LogP contribution in [0.4, 0.5) is 0 Å². The molecule has 0 aromatic heterocycles. The average Bonchev–Trinajstić information content (AvgIpc) is 2.39. The van der Waals surface area contributed by atoms with E-state index in [4.69, 9.17) is 10.2 Å². The van der Waals surface area contributed by atoms with Gasteiger partial charge < -0.3 is 10.2 Å². The Morgan fingerprint density at radius 2 is 0.889 bits per heavy atom. The second-order valence-electron chi connectivity index (χ2n) is 5.90. The topological polar surface area (TPSA) is 74.6 Å². The van der Waals surface area contributed by atoms with Crippen molar-refractivity contribution in [2.24, 2.45) is 23.7 Å². The molecule has 0 aliphatic heterocycles. The van der Waals surface area contributed by atoms with Gasteiger partial charge in [-0.2, -0.15) is 0 Å². The zero-order valence-corrected chi connectivity index (χ0v) is 10.7. The number of rotatable bonds is 3. The second kappa shape index (κ2) is 5.72. The van der Waals surface area contributed by atoms with Crippen molar-refractivity contribution in [3.05, 3.63) is 0 Å². The third-order valence-corrected chi connectivity index (χ3v) is 4.91. The molecule has 2 saturated carbocycles. The quantitative estimate of drug-likeness (QED) is 0.812. The van der Waals surface area contributed by atoms with Crippen molar-refractivity contribution >= 4 is 11.9 Å². The lowest BCUT2D eigenvalue weighted by Gasteiger charge is -2.36. The van der Waals surface area contributed by atoms with E-state index in [0.717, 1.165) is 51.4 Å². The lowest BCUT2D eigenvalue weighted by Crippen LogP contribution is -2.29. The maximum atomic E-state index is 10.9. The van der Waals surface area contributed by atoms with Crippen molar-refractivity contribution in [3.63, 3.8) is 0 Å². The van der Waals surface area contributed by atoms with Gasteiger partial charge in [0.05, 0.1) is 11.8 Å². The van der Waals surface area contributed by atoms with Crippen LogP contribution in [0.5, 0.6) is 0 Å². The fourth-order valence-corrected chi connectivity index (χ4v) is 3.68. The van der Waals surface area contributed by atoms with Crippen LogP contribution < -0.4 is 0 Å². The highest BCUT2D eigenvalue weighted by Crippen LogP contribution is 2.41. The molecule has 0 spiro atoms. The number of hydrogen-bond acceptors (Lipinski definition) is 2. The van der Waals surface area contributed by atoms with Gasteiger partial charge in [-0.1, -0.05) is 0 Å². The van der Waals surface area contributed by atoms with E-state index in [1.165, 1.54) is 0 Å². The van der Waals surface area contributed by atoms with Crippen molar-refractivity contribution in [1.29, 1.82) is 0 Å². The van der Waals surface area contributed by atoms with Crippen LogP contribution >= 0.6 is 0 Å². The molecule has 2 aliphatic carbocycles. The first-order chi connectivity index (χ1) is 8.58. The second-order valence-corrected chi connectivity index (χ2v) is 5.90. The number of carboxylic acid groups (broad SMARTS) is 2. The predicted octanol–water partition coefficient (Wildman–Crippen LogP) is 2.77. The lowest BCUT2D eigenvalue weighted by atomic mass is 9.69. The van der Waals surface area contributed by atoms with Gasteiger partial charge in [0.1, 0.15) is 0 Å². The fourth-order valence-electron chi connectivity index (χ4n) is 3.68. The van der Waals surface area contributed by atoms with E-state index < -0.39 is 11.9 Å². The number of carboxylic acids is 2. The largest absolute Gasteiger partial charge is 0.481 e. The smallest absolute Gasteiger partial charge is 0.306 e. The molecule has 2 N–H and O–H groups in total. The molecule has 0 atom stereocenters. The van der Waals surface area contributed by atoms with Crippen LogP contribution in [0.15, 0.2) is 0 Å². The van der Waals surface area contributed by atoms with Crippen LogP contribution in [0.1, 0.15) is 51.4 Å². The van der Waals surface area contributed by atoms with Gasteiger partial charge in [-0.3, -0.25) is 9.59 Å². The van der Waals surface area contributed by atoms with Crippen LogP contribution in [0.2, 0.25) is 0 Å². The summed E-state index contributed by atoms with van der Waals surface area (Å²) in [5.41, 5.74) is 0. The lowest BCUT2D eigenvalue weighted by molar-refractivity contribution is -0.145. The number of carbonyl (C=O) groups is 2. The molecular formula is C14H22O4. The molecule has 2 rings (SSSR count). The van der Waals surface area contributed by atoms with Crippen LogP contribution in [0, 0.1) is 23.7 Å². The Bertz CT molecular complexity index is 278. The summed E-state index contributed by atoms with van der Waals surface area (Å²) in [5.74, 6) is -0.315. The molecule has 0 aromatic rings. The standard InChI is InChI=1S/C14H22O4/c15-13(16)11-5-1-9(2-6-11)10-3-7-12(8-4-10)14(17)18/h9-12H,1-8H2,(H,15,16)(H,17,18)/t9-,10-,11-,12-. The molecule has 0 bridgehead atoms. The van der Waals surface area contributed by atoms with E-state index >= 15 is 0 Å². The van der Waals surface area contributed by atoms with E-state index in [9.17, 15) is 9.59 Å². The van der Waals surface area contributed by atoms with Crippen molar-refractivity contribution < 1.29 is 19.8 Å². The zero-order valence-electron chi connectivity index (χ0n) is 10.7. The first-order valence-corrected chi connectivity index (χ1v) is 7.03. The highest BCUT2D eigenvalue weighted by Gasteiger charge is 2.34. The van der Waals surface area contributed by atoms with Gasteiger partial charge >= 0.3 is 11.9 Å². The Morgan fingerprint density at radius 1 is 0.611 bits per heavy atom. The van der Waals surface area contributed by atoms with Gasteiger partial charge in [-0.05, 0) is 63.2 Å². The predicted molar refractivity (Wildman–Crippen MR) is 66.2 cm³/mol. The van der Waals surface area contributed by atoms with Crippen LogP contribution in [-0.4, -0.2) is 22.2 Å². The third-order valence-electron chi connectivity index (χ3n) is 4.91. The molecule has 0 saturated heterocycles. The SMILES string of the molecule is O=C(O)[C@H]1CC[C@H]([C@H]2CC[C@H](C(=O)O)CC2)CC1. The molecule has 2 aliphatic rings. The van der Waals surface area contributed by atoms with E-state index in [1.54, 1.807) is 0 Å². The minimum Gasteiger partial charge on any atom is -0.481 e. The number of aliphatic carboxylic acids is 2. The molecule has 0 heterocycles. The van der Waals surface area contributed by atoms with Crippen molar-refractivity contribution in [2.45, 2.75) is 51.4 Å². The first kappa shape index (κ1) is 13.4. The van der Waals surface area contributed by atoms with Gasteiger partial charge in [-0.25, -0.2) is 0 Å². The van der Waals surface area contributed by atoms with Gasteiger partial charge in [-0.15, -0.1) is 0 Å². The summed E-state index contributed by atoms with van der Waals surface area (Å²) < 4.78 is 0. The monoisotopic (exact) mass is 254 g/mol. The first-order valence-electron chi connectivity index (χ1n) is 7.03. The van der Waals surface area contributed by atoms with Crippen LogP contribution in [0.25, 0.3) is 0 Å². The average molecular weight is 254 g/mol. The van der Waals surface area contributed by atoms with Gasteiger partial charge in [0.2, 0.25) is 0 Å². The van der Waals surface area contributed by atoms with Gasteiger partial charge in [0, 0.05) is 0 Å². The highest BCUT2D eigenvalue weighted by atomic mass is 16.4. The van der Waals surface area contributed by atoms with Crippen LogP contribution in [-0.2, 0) is 9.59 Å². The van der Waals surface area contributed by atoms with E-state index in [-0.39, 0.29) is 11.8 Å². The maximum Gasteiger partial charge on any atom is 0.306 e. The van der Waals surface area contributed by atoms with E-state index in [2.05, 4.69) is 0 Å². The zero-order chi connectivity index (χ0) is 13.1. The molecule has 4 heteroatoms. The normalized spacial score (nSPS) is 37.1. The summed E-state index contributed by atoms with van der Waals surface area (Å²) in [5, 5.41) is 17.9. The van der Waals surface area contributed by atoms with E-state index in [1.807, 2.05) is 0 Å². The summed E-state index contributed by atoms with van der Waals surface area (Å²) >= 11 is 0. The molecule has 102 valence electrons. The Kier molecular flexibility index (Phi) is 4.25. The van der Waals surface area contributed by atoms with E-state index in [0.29, 0.717) is 11.8 Å². The Hall–Kier alpha value is -1.06. The molecule has 18 heavy (non-hydrogen) atoms. The number of hydrogen-bond donors (Lipinski definition) is 2. The summed E-state index contributed by atoms with van der Waals surface area (Å²) in [6.45, 7) is 0. The minimum absolute atomic E-state index is 0.142. The Labute approximate surface area is 107 Å². The van der Waals surface area contributed by atoms with Crippen LogP contribution in [0.3, 0.4) is 0 Å². The molecular weight excluding hydrogens is 232 g/mol. The molecule has 0 unspecified atom stereocenters. The molecule has 0 aromatic carbocycles. The van der Waals surface area contributed by atoms with Gasteiger partial charge in [0.25, 0.3) is 0 Å². The van der Waals surface area contributed by atoms with Crippen molar-refractivity contribution in [1.82, 2.24) is 0 Å². The molecule has 0 radical (unpaired) electrons. The summed E-state index contributed by atoms with van der Waals surface area (Å²) in [4.78, 5) is 21.8. The highest BCUT2D eigenvalue weighted by molar-refractivity contribution is 5.70. The molecule has 4 nitrogen and oxygen atoms in total. The maximum absolute atomic E-state index is 10.9. The summed E-state index contributed by atoms with van der Waals surface area (Å²) in [6.07, 6.45) is 7.27. The van der Waals surface area contributed by atoms with Crippen molar-refractivity contribution in [2.75, 3.05) is 0 Å². The fraction of sp³-hybridized carbons (Fsp3) is 0.857. The molecule has 2 fully saturated rings. The van der Waals surface area contributed by atoms with Gasteiger partial charge in [0.15, 0.2) is 0 Å². The Morgan fingerprint density at radius 3 is 1.11 bits per heavy atom. The Balaban J connectivity index is 1.78.